The van der Waals surface area contributed by atoms with E-state index in [1.54, 1.807) is 30.5 Å². The Morgan fingerprint density at radius 3 is 2.50 bits per heavy atom. The van der Waals surface area contributed by atoms with Crippen LogP contribution in [0.1, 0.15) is 11.1 Å². The molecule has 20 heavy (non-hydrogen) atoms. The van der Waals surface area contributed by atoms with Gasteiger partial charge in [0.15, 0.2) is 0 Å². The standard InChI is InChI=1S/C14H12ClFN2O2/c15-13(18-19)7-11-3-6-14(17-8-11)20-9-10-1-4-12(16)5-2-10/h1-6,8,19H,7,9H2/b18-13-. The van der Waals surface area contributed by atoms with E-state index in [2.05, 4.69) is 10.1 Å². The van der Waals surface area contributed by atoms with E-state index in [0.717, 1.165) is 11.1 Å². The maximum atomic E-state index is 12.7. The van der Waals surface area contributed by atoms with Gasteiger partial charge in [0.2, 0.25) is 5.88 Å². The van der Waals surface area contributed by atoms with Crippen molar-refractivity contribution < 1.29 is 14.3 Å². The maximum Gasteiger partial charge on any atom is 0.213 e. The first-order valence-electron chi connectivity index (χ1n) is 5.86. The van der Waals surface area contributed by atoms with Crippen molar-refractivity contribution in [1.29, 1.82) is 0 Å². The number of oxime groups is 1. The Bertz CT molecular complexity index is 585. The lowest BCUT2D eigenvalue weighted by Crippen LogP contribution is -1.99. The Labute approximate surface area is 120 Å². The van der Waals surface area contributed by atoms with Gasteiger partial charge < -0.3 is 9.94 Å². The molecule has 2 rings (SSSR count). The lowest BCUT2D eigenvalue weighted by atomic mass is 10.2. The van der Waals surface area contributed by atoms with E-state index in [1.807, 2.05) is 0 Å². The van der Waals surface area contributed by atoms with E-state index in [-0.39, 0.29) is 11.0 Å². The second-order valence-electron chi connectivity index (χ2n) is 4.07. The topological polar surface area (TPSA) is 54.7 Å². The monoisotopic (exact) mass is 294 g/mol. The minimum absolute atomic E-state index is 0.0896. The number of hydrogen-bond acceptors (Lipinski definition) is 4. The molecular weight excluding hydrogens is 283 g/mol. The van der Waals surface area contributed by atoms with Gasteiger partial charge in [-0.3, -0.25) is 0 Å². The Morgan fingerprint density at radius 2 is 1.90 bits per heavy atom. The largest absolute Gasteiger partial charge is 0.473 e. The van der Waals surface area contributed by atoms with E-state index >= 15 is 0 Å². The molecule has 0 atom stereocenters. The molecule has 4 nitrogen and oxygen atoms in total. The summed E-state index contributed by atoms with van der Waals surface area (Å²) < 4.78 is 18.2. The number of rotatable bonds is 5. The van der Waals surface area contributed by atoms with Crippen molar-refractivity contribution in [3.63, 3.8) is 0 Å². The molecular formula is C14H12ClFN2O2. The van der Waals surface area contributed by atoms with Crippen molar-refractivity contribution in [2.75, 3.05) is 0 Å². The minimum Gasteiger partial charge on any atom is -0.473 e. The van der Waals surface area contributed by atoms with Gasteiger partial charge in [-0.15, -0.1) is 0 Å². The van der Waals surface area contributed by atoms with Crippen LogP contribution in [0.15, 0.2) is 47.8 Å². The zero-order valence-corrected chi connectivity index (χ0v) is 11.2. The highest BCUT2D eigenvalue weighted by Gasteiger charge is 2.01. The average molecular weight is 295 g/mol. The predicted molar refractivity (Wildman–Crippen MR) is 73.7 cm³/mol. The number of nitrogens with zero attached hydrogens (tertiary/aromatic N) is 2. The zero-order chi connectivity index (χ0) is 14.4. The quantitative estimate of drug-likeness (QED) is 0.522. The molecule has 0 aliphatic heterocycles. The number of halogens is 2. The van der Waals surface area contributed by atoms with Gasteiger partial charge in [-0.05, 0) is 23.3 Å². The van der Waals surface area contributed by atoms with Gasteiger partial charge in [-0.2, -0.15) is 0 Å². The Hall–Kier alpha value is -2.14. The highest BCUT2D eigenvalue weighted by molar-refractivity contribution is 6.65. The summed E-state index contributed by atoms with van der Waals surface area (Å²) in [6.07, 6.45) is 1.90. The molecule has 0 spiro atoms. The van der Waals surface area contributed by atoms with Gasteiger partial charge in [0.05, 0.1) is 0 Å². The van der Waals surface area contributed by atoms with Gasteiger partial charge in [0.25, 0.3) is 0 Å². The highest BCUT2D eigenvalue weighted by Crippen LogP contribution is 2.12. The lowest BCUT2D eigenvalue weighted by Gasteiger charge is -2.06. The summed E-state index contributed by atoms with van der Waals surface area (Å²) in [7, 11) is 0. The molecule has 0 radical (unpaired) electrons. The van der Waals surface area contributed by atoms with Crippen LogP contribution in [-0.2, 0) is 13.0 Å². The molecule has 0 aliphatic carbocycles. The number of aromatic nitrogens is 1. The third kappa shape index (κ3) is 4.20. The van der Waals surface area contributed by atoms with Crippen LogP contribution >= 0.6 is 11.6 Å². The molecule has 2 aromatic rings. The molecule has 1 aromatic heterocycles. The summed E-state index contributed by atoms with van der Waals surface area (Å²) in [5.41, 5.74) is 1.66. The Morgan fingerprint density at radius 1 is 1.20 bits per heavy atom. The normalized spacial score (nSPS) is 11.4. The van der Waals surface area contributed by atoms with Crippen LogP contribution in [0.2, 0.25) is 0 Å². The molecule has 1 N–H and O–H groups in total. The van der Waals surface area contributed by atoms with Crippen LogP contribution in [0.4, 0.5) is 4.39 Å². The maximum absolute atomic E-state index is 12.7. The van der Waals surface area contributed by atoms with Crippen molar-refractivity contribution >= 4 is 16.8 Å². The second-order valence-corrected chi connectivity index (χ2v) is 4.51. The van der Waals surface area contributed by atoms with Crippen molar-refractivity contribution in [3.05, 3.63) is 59.5 Å². The van der Waals surface area contributed by atoms with Gasteiger partial charge in [0, 0.05) is 18.7 Å². The fraction of sp³-hybridized carbons (Fsp3) is 0.143. The first kappa shape index (κ1) is 14.3. The van der Waals surface area contributed by atoms with Crippen LogP contribution in [0.3, 0.4) is 0 Å². The third-order valence-corrected chi connectivity index (χ3v) is 2.77. The van der Waals surface area contributed by atoms with Crippen LogP contribution in [0, 0.1) is 5.82 Å². The summed E-state index contributed by atoms with van der Waals surface area (Å²) in [6.45, 7) is 0.311. The van der Waals surface area contributed by atoms with Crippen molar-refractivity contribution in [1.82, 2.24) is 4.98 Å². The molecule has 1 heterocycles. The van der Waals surface area contributed by atoms with Gasteiger partial charge in [-0.1, -0.05) is 35.0 Å². The molecule has 0 bridgehead atoms. The molecule has 0 amide bonds. The Kier molecular flexibility index (Phi) is 4.90. The van der Waals surface area contributed by atoms with Gasteiger partial charge >= 0.3 is 0 Å². The molecule has 104 valence electrons. The first-order chi connectivity index (χ1) is 9.67. The lowest BCUT2D eigenvalue weighted by molar-refractivity contribution is 0.293. The fourth-order valence-corrected chi connectivity index (χ4v) is 1.70. The summed E-state index contributed by atoms with van der Waals surface area (Å²) in [6, 6.07) is 9.54. The smallest absolute Gasteiger partial charge is 0.213 e. The van der Waals surface area contributed by atoms with E-state index in [1.165, 1.54) is 12.1 Å². The van der Waals surface area contributed by atoms with Gasteiger partial charge in [-0.25, -0.2) is 9.37 Å². The molecule has 1 aromatic carbocycles. The number of benzene rings is 1. The molecule has 6 heteroatoms. The molecule has 0 fully saturated rings. The van der Waals surface area contributed by atoms with Gasteiger partial charge in [0.1, 0.15) is 17.6 Å². The van der Waals surface area contributed by atoms with E-state index < -0.39 is 0 Å². The number of hydrogen-bond donors (Lipinski definition) is 1. The predicted octanol–water partition coefficient (Wildman–Crippen LogP) is 3.37. The summed E-state index contributed by atoms with van der Waals surface area (Å²) in [5, 5.41) is 11.4. The highest BCUT2D eigenvalue weighted by atomic mass is 35.5. The van der Waals surface area contributed by atoms with Crippen LogP contribution in [0.25, 0.3) is 0 Å². The Balaban J connectivity index is 1.92. The first-order valence-corrected chi connectivity index (χ1v) is 6.24. The van der Waals surface area contributed by atoms with Crippen LogP contribution < -0.4 is 4.74 Å². The van der Waals surface area contributed by atoms with E-state index in [0.29, 0.717) is 18.9 Å². The van der Waals surface area contributed by atoms with Crippen LogP contribution in [0.5, 0.6) is 5.88 Å². The van der Waals surface area contributed by atoms with E-state index in [9.17, 15) is 4.39 Å². The molecule has 0 saturated heterocycles. The third-order valence-electron chi connectivity index (χ3n) is 2.56. The van der Waals surface area contributed by atoms with Crippen molar-refractivity contribution in [2.45, 2.75) is 13.0 Å². The summed E-state index contributed by atoms with van der Waals surface area (Å²) >= 11 is 5.60. The zero-order valence-electron chi connectivity index (χ0n) is 10.5. The SMILES string of the molecule is O/N=C(\Cl)Cc1ccc(OCc2ccc(F)cc2)nc1. The summed E-state index contributed by atoms with van der Waals surface area (Å²) in [4.78, 5) is 4.11. The fourth-order valence-electron chi connectivity index (χ4n) is 1.54. The van der Waals surface area contributed by atoms with Crippen molar-refractivity contribution in [3.8, 4) is 5.88 Å². The van der Waals surface area contributed by atoms with E-state index in [4.69, 9.17) is 21.5 Å². The van der Waals surface area contributed by atoms with Crippen molar-refractivity contribution in [2.24, 2.45) is 5.16 Å². The number of pyridine rings is 1. The summed E-state index contributed by atoms with van der Waals surface area (Å²) in [5.74, 6) is 0.175. The average Bonchev–Trinajstić information content (AvgIpc) is 2.48. The molecule has 0 aliphatic rings. The second kappa shape index (κ2) is 6.86. The number of ether oxygens (including phenoxy) is 1. The van der Waals surface area contributed by atoms with Crippen LogP contribution in [-0.4, -0.2) is 15.4 Å². The molecule has 0 saturated carbocycles. The minimum atomic E-state index is -0.279. The molecule has 0 unspecified atom stereocenters.